The molecule has 0 aliphatic rings. The van der Waals surface area contributed by atoms with E-state index in [1.54, 1.807) is 0 Å². The molecule has 0 unspecified atom stereocenters. The molecule has 0 saturated carbocycles. The van der Waals surface area contributed by atoms with Gasteiger partial charge in [-0.1, -0.05) is 173 Å². The molecule has 0 spiro atoms. The van der Waals surface area contributed by atoms with Gasteiger partial charge in [-0.2, -0.15) is 0 Å². The first-order valence-corrected chi connectivity index (χ1v) is 22.4. The van der Waals surface area contributed by atoms with Gasteiger partial charge in [-0.05, 0) is 111 Å². The maximum Gasteiger partial charge on any atom is 0.144 e. The van der Waals surface area contributed by atoms with E-state index in [0.29, 0.717) is 29.6 Å². The summed E-state index contributed by atoms with van der Waals surface area (Å²) < 4.78 is 4.75. The van der Waals surface area contributed by atoms with Crippen LogP contribution in [0.3, 0.4) is 0 Å². The van der Waals surface area contributed by atoms with Gasteiger partial charge in [-0.25, -0.2) is 9.97 Å². The van der Waals surface area contributed by atoms with Crippen LogP contribution < -0.4 is 0 Å². The van der Waals surface area contributed by atoms with Gasteiger partial charge in [0.1, 0.15) is 11.6 Å². The first kappa shape index (κ1) is 42.6. The van der Waals surface area contributed by atoms with Crippen molar-refractivity contribution in [3.63, 3.8) is 0 Å². The number of benzene rings is 5. The highest BCUT2D eigenvalue weighted by molar-refractivity contribution is 5.72. The zero-order valence-corrected chi connectivity index (χ0v) is 38.0. The van der Waals surface area contributed by atoms with E-state index < -0.39 is 0 Å². The van der Waals surface area contributed by atoms with E-state index in [2.05, 4.69) is 207 Å². The van der Waals surface area contributed by atoms with Gasteiger partial charge in [-0.15, -0.1) is 0 Å². The second-order valence-corrected chi connectivity index (χ2v) is 19.1. The van der Waals surface area contributed by atoms with Crippen molar-refractivity contribution in [3.05, 3.63) is 167 Å². The molecule has 0 bridgehead atoms. The summed E-state index contributed by atoms with van der Waals surface area (Å²) in [6.45, 7) is 25.8. The Morgan fingerprint density at radius 3 is 1.53 bits per heavy atom. The largest absolute Gasteiger partial charge is 0.299 e. The van der Waals surface area contributed by atoms with Gasteiger partial charge in [0.25, 0.3) is 0 Å². The van der Waals surface area contributed by atoms with Crippen molar-refractivity contribution < 1.29 is 0 Å². The van der Waals surface area contributed by atoms with E-state index in [1.165, 1.54) is 67.0 Å². The van der Waals surface area contributed by atoms with Crippen molar-refractivity contribution in [3.8, 4) is 45.3 Å². The quantitative estimate of drug-likeness (QED) is 0.104. The molecule has 0 aliphatic carbocycles. The van der Waals surface area contributed by atoms with Gasteiger partial charge in [0.2, 0.25) is 0 Å². The van der Waals surface area contributed by atoms with Crippen LogP contribution in [0.4, 0.5) is 0 Å². The predicted molar refractivity (Wildman–Crippen MR) is 255 cm³/mol. The third-order valence-corrected chi connectivity index (χ3v) is 12.6. The lowest BCUT2D eigenvalue weighted by Crippen LogP contribution is -2.29. The van der Waals surface area contributed by atoms with E-state index >= 15 is 0 Å². The summed E-state index contributed by atoms with van der Waals surface area (Å²) in [5.41, 5.74) is 15.3. The first-order valence-electron chi connectivity index (χ1n) is 22.4. The highest BCUT2D eigenvalue weighted by Crippen LogP contribution is 2.43. The zero-order chi connectivity index (χ0) is 42.7. The van der Waals surface area contributed by atoms with Crippen LogP contribution in [0.1, 0.15) is 121 Å². The van der Waals surface area contributed by atoms with E-state index in [1.807, 2.05) is 12.4 Å². The van der Waals surface area contributed by atoms with Crippen LogP contribution in [0.15, 0.2) is 134 Å². The molecule has 0 saturated heterocycles. The normalized spacial score (nSPS) is 12.7. The SMILES string of the molecule is CC(C)Cc1cccc(CC(C)C)c1-n1ccnc1-c1ccccc1C(C)(C)[C@H](C)Cc1ccccc1-c1nccn1-c1c(C(C)C)cc(-c2ccccc2)cc1C(C)C. The smallest absolute Gasteiger partial charge is 0.144 e. The Morgan fingerprint density at radius 1 is 0.483 bits per heavy atom. The minimum Gasteiger partial charge on any atom is -0.299 e. The van der Waals surface area contributed by atoms with Crippen molar-refractivity contribution in [1.82, 2.24) is 19.1 Å². The summed E-state index contributed by atoms with van der Waals surface area (Å²) in [5, 5.41) is 0. The van der Waals surface area contributed by atoms with Gasteiger partial charge >= 0.3 is 0 Å². The lowest BCUT2D eigenvalue weighted by molar-refractivity contribution is 0.343. The molecule has 5 aromatic carbocycles. The monoisotopic (exact) mass is 795 g/mol. The van der Waals surface area contributed by atoms with E-state index in [-0.39, 0.29) is 5.41 Å². The van der Waals surface area contributed by atoms with Gasteiger partial charge in [0.05, 0.1) is 11.4 Å². The summed E-state index contributed by atoms with van der Waals surface area (Å²) >= 11 is 0. The Morgan fingerprint density at radius 2 is 0.967 bits per heavy atom. The average Bonchev–Trinajstić information content (AvgIpc) is 3.91. The predicted octanol–water partition coefficient (Wildman–Crippen LogP) is 14.9. The topological polar surface area (TPSA) is 35.6 Å². The minimum atomic E-state index is -0.184. The first-order chi connectivity index (χ1) is 28.8. The molecule has 2 heterocycles. The van der Waals surface area contributed by atoms with Crippen molar-refractivity contribution in [2.24, 2.45) is 17.8 Å². The van der Waals surface area contributed by atoms with Gasteiger partial charge in [-0.3, -0.25) is 9.13 Å². The van der Waals surface area contributed by atoms with E-state index in [4.69, 9.17) is 9.97 Å². The number of aromatic nitrogens is 4. The van der Waals surface area contributed by atoms with Crippen LogP contribution in [-0.2, 0) is 24.7 Å². The maximum atomic E-state index is 5.12. The number of hydrogen-bond acceptors (Lipinski definition) is 2. The Labute approximate surface area is 360 Å². The van der Waals surface area contributed by atoms with Crippen molar-refractivity contribution in [1.29, 1.82) is 0 Å². The summed E-state index contributed by atoms with van der Waals surface area (Å²) in [4.78, 5) is 10.2. The van der Waals surface area contributed by atoms with E-state index in [9.17, 15) is 0 Å². The lowest BCUT2D eigenvalue weighted by atomic mass is 9.70. The number of hydrogen-bond donors (Lipinski definition) is 0. The second-order valence-electron chi connectivity index (χ2n) is 19.1. The molecule has 60 heavy (non-hydrogen) atoms. The molecule has 7 rings (SSSR count). The molecule has 1 atom stereocenters. The van der Waals surface area contributed by atoms with Gasteiger partial charge < -0.3 is 0 Å². The Hall–Kier alpha value is -5.48. The van der Waals surface area contributed by atoms with Crippen LogP contribution in [0.2, 0.25) is 0 Å². The molecule has 2 aromatic heterocycles. The fraction of sp³-hybridized carbons (Fsp3) is 0.357. The van der Waals surface area contributed by atoms with E-state index in [0.717, 1.165) is 30.9 Å². The molecular weight excluding hydrogens is 729 g/mol. The van der Waals surface area contributed by atoms with Gasteiger partial charge in [0, 0.05) is 35.9 Å². The molecule has 0 amide bonds. The maximum absolute atomic E-state index is 5.12. The summed E-state index contributed by atoms with van der Waals surface area (Å²) in [5.74, 6) is 4.04. The van der Waals surface area contributed by atoms with Crippen LogP contribution in [-0.4, -0.2) is 19.1 Å². The summed E-state index contributed by atoms with van der Waals surface area (Å²) in [6.07, 6.45) is 11.2. The number of imidazole rings is 2. The molecule has 0 aliphatic heterocycles. The van der Waals surface area contributed by atoms with Crippen LogP contribution in [0, 0.1) is 17.8 Å². The van der Waals surface area contributed by atoms with Crippen molar-refractivity contribution in [2.45, 2.75) is 113 Å². The van der Waals surface area contributed by atoms with Crippen molar-refractivity contribution >= 4 is 0 Å². The van der Waals surface area contributed by atoms with Gasteiger partial charge in [0.15, 0.2) is 0 Å². The van der Waals surface area contributed by atoms with Crippen LogP contribution >= 0.6 is 0 Å². The minimum absolute atomic E-state index is 0.184. The molecule has 4 nitrogen and oxygen atoms in total. The molecular formula is C56H66N4. The second kappa shape index (κ2) is 18.0. The molecule has 310 valence electrons. The molecule has 0 fully saturated rings. The standard InChI is InChI=1S/C56H66N4/c1-37(2)32-44-23-19-24-45(33-38(3)4)52(44)59-30-28-58-55(59)48-26-17-18-27-51(48)56(10,11)41(9)34-43-22-15-16-25-47(43)54-57-29-31-60(54)53-49(39(5)6)35-46(36-50(53)40(7)8)42-20-13-12-14-21-42/h12-31,35-41H,32-34H2,1-11H3/t41-/m1/s1. The summed E-state index contributed by atoms with van der Waals surface area (Å²) in [6, 6.07) is 40.4. The van der Waals surface area contributed by atoms with Crippen LogP contribution in [0.5, 0.6) is 0 Å². The molecule has 0 N–H and O–H groups in total. The fourth-order valence-electron chi connectivity index (χ4n) is 9.17. The molecule has 0 radical (unpaired) electrons. The molecule has 7 aromatic rings. The molecule has 4 heteroatoms. The third-order valence-electron chi connectivity index (χ3n) is 12.6. The number of rotatable bonds is 15. The average molecular weight is 795 g/mol. The Bertz CT molecular complexity index is 2470. The highest BCUT2D eigenvalue weighted by atomic mass is 15.1. The zero-order valence-electron chi connectivity index (χ0n) is 38.0. The lowest BCUT2D eigenvalue weighted by Gasteiger charge is -2.35. The third kappa shape index (κ3) is 8.71. The number of nitrogens with zero attached hydrogens (tertiary/aromatic N) is 4. The van der Waals surface area contributed by atoms with Crippen molar-refractivity contribution in [2.75, 3.05) is 0 Å². The Kier molecular flexibility index (Phi) is 12.8. The fourth-order valence-corrected chi connectivity index (χ4v) is 9.17. The summed E-state index contributed by atoms with van der Waals surface area (Å²) in [7, 11) is 0. The van der Waals surface area contributed by atoms with Crippen LogP contribution in [0.25, 0.3) is 45.3 Å². The Balaban J connectivity index is 1.27. The highest BCUT2D eigenvalue weighted by Gasteiger charge is 2.33. The number of para-hydroxylation sites is 1.